The van der Waals surface area contributed by atoms with Crippen molar-refractivity contribution in [3.63, 3.8) is 0 Å². The van der Waals surface area contributed by atoms with Crippen LogP contribution in [0.15, 0.2) is 42.7 Å². The van der Waals surface area contributed by atoms with E-state index in [9.17, 15) is 4.79 Å². The summed E-state index contributed by atoms with van der Waals surface area (Å²) < 4.78 is 0. The Labute approximate surface area is 105 Å². The zero-order valence-corrected chi connectivity index (χ0v) is 9.71. The first kappa shape index (κ1) is 12.2. The molecule has 0 aliphatic heterocycles. The maximum absolute atomic E-state index is 10.6. The summed E-state index contributed by atoms with van der Waals surface area (Å²) in [4.78, 5) is 18.9. The number of nitrogens with zero attached hydrogens (tertiary/aromatic N) is 2. The summed E-state index contributed by atoms with van der Waals surface area (Å²) in [6.07, 6.45) is 3.11. The van der Waals surface area contributed by atoms with Gasteiger partial charge in [0.2, 0.25) is 0 Å². The minimum absolute atomic E-state index is 0.198. The number of aromatic nitrogens is 2. The number of pyridine rings is 2. The molecule has 5 nitrogen and oxygen atoms in total. The second-order valence-electron chi connectivity index (χ2n) is 3.77. The molecule has 0 aliphatic rings. The van der Waals surface area contributed by atoms with Gasteiger partial charge in [-0.05, 0) is 24.3 Å². The number of carbonyl (C=O) groups is 1. The summed E-state index contributed by atoms with van der Waals surface area (Å²) in [5.41, 5.74) is 1.96. The van der Waals surface area contributed by atoms with Gasteiger partial charge in [0.1, 0.15) is 0 Å². The van der Waals surface area contributed by atoms with E-state index in [0.29, 0.717) is 13.1 Å². The minimum atomic E-state index is -0.963. The van der Waals surface area contributed by atoms with Crippen LogP contribution >= 0.6 is 0 Å². The average Bonchev–Trinajstić information content (AvgIpc) is 2.40. The number of hydrogen-bond donors (Lipinski definition) is 2. The highest BCUT2D eigenvalue weighted by Crippen LogP contribution is 2.00. The maximum Gasteiger partial charge on any atom is 0.337 e. The van der Waals surface area contributed by atoms with Crippen molar-refractivity contribution in [1.82, 2.24) is 15.3 Å². The summed E-state index contributed by atoms with van der Waals surface area (Å²) >= 11 is 0. The van der Waals surface area contributed by atoms with Crippen molar-refractivity contribution in [3.05, 3.63) is 59.7 Å². The van der Waals surface area contributed by atoms with Crippen LogP contribution in [-0.2, 0) is 13.1 Å². The highest BCUT2D eigenvalue weighted by molar-refractivity contribution is 5.87. The molecule has 0 amide bonds. The molecule has 0 aliphatic carbocycles. The Morgan fingerprint density at radius 3 is 2.44 bits per heavy atom. The maximum atomic E-state index is 10.6. The molecule has 0 saturated heterocycles. The van der Waals surface area contributed by atoms with Crippen molar-refractivity contribution in [1.29, 1.82) is 0 Å². The lowest BCUT2D eigenvalue weighted by Crippen LogP contribution is -2.14. The molecular formula is C13H13N3O2. The van der Waals surface area contributed by atoms with Gasteiger partial charge in [0.05, 0.1) is 17.0 Å². The van der Waals surface area contributed by atoms with Gasteiger partial charge in [0.15, 0.2) is 0 Å². The predicted molar refractivity (Wildman–Crippen MR) is 66.0 cm³/mol. The lowest BCUT2D eigenvalue weighted by molar-refractivity contribution is 0.0696. The molecule has 0 aromatic carbocycles. The predicted octanol–water partition coefficient (Wildman–Crippen LogP) is 1.46. The van der Waals surface area contributed by atoms with Gasteiger partial charge in [-0.3, -0.25) is 9.97 Å². The van der Waals surface area contributed by atoms with Gasteiger partial charge in [-0.2, -0.15) is 0 Å². The molecule has 0 bridgehead atoms. The summed E-state index contributed by atoms with van der Waals surface area (Å²) in [6, 6.07) is 9.00. The first-order valence-electron chi connectivity index (χ1n) is 5.54. The first-order valence-corrected chi connectivity index (χ1v) is 5.54. The van der Waals surface area contributed by atoms with Gasteiger partial charge in [0, 0.05) is 25.5 Å². The Morgan fingerprint density at radius 1 is 1.11 bits per heavy atom. The highest BCUT2D eigenvalue weighted by Gasteiger charge is 2.02. The Balaban J connectivity index is 1.85. The average molecular weight is 243 g/mol. The van der Waals surface area contributed by atoms with Crippen LogP contribution in [0.3, 0.4) is 0 Å². The summed E-state index contributed by atoms with van der Waals surface area (Å²) in [5, 5.41) is 11.9. The molecule has 0 radical (unpaired) electrons. The molecule has 2 rings (SSSR count). The number of aromatic carboxylic acids is 1. The largest absolute Gasteiger partial charge is 0.478 e. The summed E-state index contributed by atoms with van der Waals surface area (Å²) in [7, 11) is 0. The van der Waals surface area contributed by atoms with Gasteiger partial charge in [0.25, 0.3) is 0 Å². The third-order valence-corrected chi connectivity index (χ3v) is 2.41. The van der Waals surface area contributed by atoms with E-state index in [-0.39, 0.29) is 5.56 Å². The van der Waals surface area contributed by atoms with Gasteiger partial charge in [-0.15, -0.1) is 0 Å². The molecular weight excluding hydrogens is 230 g/mol. The molecule has 18 heavy (non-hydrogen) atoms. The molecule has 2 heterocycles. The Kier molecular flexibility index (Phi) is 3.98. The number of carboxylic acids is 1. The molecule has 0 atom stereocenters. The van der Waals surface area contributed by atoms with Gasteiger partial charge >= 0.3 is 5.97 Å². The van der Waals surface area contributed by atoms with E-state index in [1.54, 1.807) is 18.3 Å². The third-order valence-electron chi connectivity index (χ3n) is 2.41. The zero-order chi connectivity index (χ0) is 12.8. The molecule has 5 heteroatoms. The molecule has 0 fully saturated rings. The lowest BCUT2D eigenvalue weighted by Gasteiger charge is -2.04. The second-order valence-corrected chi connectivity index (χ2v) is 3.77. The zero-order valence-electron chi connectivity index (χ0n) is 9.71. The molecule has 2 N–H and O–H groups in total. The van der Waals surface area contributed by atoms with E-state index in [0.717, 1.165) is 11.4 Å². The quantitative estimate of drug-likeness (QED) is 0.831. The molecule has 0 saturated carbocycles. The normalized spacial score (nSPS) is 10.2. The lowest BCUT2D eigenvalue weighted by atomic mass is 10.2. The number of nitrogens with one attached hydrogen (secondary N) is 1. The number of hydrogen-bond acceptors (Lipinski definition) is 4. The van der Waals surface area contributed by atoms with Crippen LogP contribution < -0.4 is 5.32 Å². The van der Waals surface area contributed by atoms with Crippen LogP contribution in [0.4, 0.5) is 0 Å². The van der Waals surface area contributed by atoms with E-state index in [1.807, 2.05) is 18.2 Å². The summed E-state index contributed by atoms with van der Waals surface area (Å²) in [6.45, 7) is 1.24. The number of rotatable bonds is 5. The van der Waals surface area contributed by atoms with Crippen molar-refractivity contribution in [2.45, 2.75) is 13.1 Å². The SMILES string of the molecule is O=C(O)c1ccc(CNCc2ccccn2)nc1. The van der Waals surface area contributed by atoms with Crippen molar-refractivity contribution in [2.75, 3.05) is 0 Å². The van der Waals surface area contributed by atoms with Crippen LogP contribution in [0, 0.1) is 0 Å². The minimum Gasteiger partial charge on any atom is -0.478 e. The standard InChI is InChI=1S/C13H13N3O2/c17-13(18)10-4-5-12(16-7-10)9-14-8-11-3-1-2-6-15-11/h1-7,14H,8-9H2,(H,17,18). The van der Waals surface area contributed by atoms with E-state index in [2.05, 4.69) is 15.3 Å². The smallest absolute Gasteiger partial charge is 0.337 e. The van der Waals surface area contributed by atoms with Crippen molar-refractivity contribution in [2.24, 2.45) is 0 Å². The highest BCUT2D eigenvalue weighted by atomic mass is 16.4. The fraction of sp³-hybridized carbons (Fsp3) is 0.154. The van der Waals surface area contributed by atoms with Gasteiger partial charge in [-0.1, -0.05) is 6.07 Å². The van der Waals surface area contributed by atoms with Crippen molar-refractivity contribution in [3.8, 4) is 0 Å². The van der Waals surface area contributed by atoms with Crippen molar-refractivity contribution < 1.29 is 9.90 Å². The van der Waals surface area contributed by atoms with E-state index in [1.165, 1.54) is 6.20 Å². The van der Waals surface area contributed by atoms with Crippen molar-refractivity contribution >= 4 is 5.97 Å². The monoisotopic (exact) mass is 243 g/mol. The van der Waals surface area contributed by atoms with Crippen LogP contribution in [0.2, 0.25) is 0 Å². The Hall–Kier alpha value is -2.27. The first-order chi connectivity index (χ1) is 8.75. The van der Waals surface area contributed by atoms with Crippen LogP contribution in [0.25, 0.3) is 0 Å². The Bertz CT molecular complexity index is 512. The van der Waals surface area contributed by atoms with Gasteiger partial charge in [-0.25, -0.2) is 4.79 Å². The van der Waals surface area contributed by atoms with E-state index < -0.39 is 5.97 Å². The summed E-state index contributed by atoms with van der Waals surface area (Å²) in [5.74, 6) is -0.963. The van der Waals surface area contributed by atoms with E-state index >= 15 is 0 Å². The van der Waals surface area contributed by atoms with Crippen LogP contribution in [0.5, 0.6) is 0 Å². The van der Waals surface area contributed by atoms with Crippen LogP contribution in [0.1, 0.15) is 21.7 Å². The van der Waals surface area contributed by atoms with E-state index in [4.69, 9.17) is 5.11 Å². The Morgan fingerprint density at radius 2 is 1.89 bits per heavy atom. The fourth-order valence-corrected chi connectivity index (χ4v) is 1.48. The molecule has 0 spiro atoms. The molecule has 2 aromatic heterocycles. The fourth-order valence-electron chi connectivity index (χ4n) is 1.48. The second kappa shape index (κ2) is 5.88. The number of carboxylic acid groups (broad SMARTS) is 1. The van der Waals surface area contributed by atoms with Crippen LogP contribution in [-0.4, -0.2) is 21.0 Å². The topological polar surface area (TPSA) is 75.1 Å². The third kappa shape index (κ3) is 3.36. The molecule has 92 valence electrons. The molecule has 0 unspecified atom stereocenters. The molecule has 2 aromatic rings. The van der Waals surface area contributed by atoms with Gasteiger partial charge < -0.3 is 10.4 Å².